The molecule has 0 aliphatic carbocycles. The molecule has 2 aliphatic rings. The Labute approximate surface area is 106 Å². The predicted octanol–water partition coefficient (Wildman–Crippen LogP) is 1.39. The number of hydrogen-bond acceptors (Lipinski definition) is 3. The third-order valence-corrected chi connectivity index (χ3v) is 4.65. The van der Waals surface area contributed by atoms with Gasteiger partial charge in [0.15, 0.2) is 0 Å². The number of nitrogens with two attached hydrogens (primary N) is 1. The van der Waals surface area contributed by atoms with Crippen molar-refractivity contribution >= 4 is 0 Å². The van der Waals surface area contributed by atoms with E-state index in [-0.39, 0.29) is 0 Å². The van der Waals surface area contributed by atoms with Crippen LogP contribution in [0.2, 0.25) is 0 Å². The van der Waals surface area contributed by atoms with E-state index in [0.717, 1.165) is 18.4 Å². The van der Waals surface area contributed by atoms with E-state index in [9.17, 15) is 0 Å². The van der Waals surface area contributed by atoms with E-state index in [4.69, 9.17) is 5.73 Å². The van der Waals surface area contributed by atoms with Crippen LogP contribution in [0.5, 0.6) is 0 Å². The zero-order chi connectivity index (χ0) is 12.3. The molecule has 17 heavy (non-hydrogen) atoms. The van der Waals surface area contributed by atoms with Gasteiger partial charge in [-0.25, -0.2) is 0 Å². The predicted molar refractivity (Wildman–Crippen MR) is 73.0 cm³/mol. The van der Waals surface area contributed by atoms with Crippen molar-refractivity contribution < 1.29 is 0 Å². The van der Waals surface area contributed by atoms with E-state index < -0.39 is 0 Å². The smallest absolute Gasteiger partial charge is 0.00387 e. The quantitative estimate of drug-likeness (QED) is 0.787. The van der Waals surface area contributed by atoms with E-state index in [2.05, 4.69) is 23.6 Å². The molecule has 0 saturated carbocycles. The molecule has 0 aromatic carbocycles. The number of likely N-dealkylation sites (tertiary alicyclic amines) is 2. The number of rotatable bonds is 5. The van der Waals surface area contributed by atoms with Crippen LogP contribution in [-0.4, -0.2) is 55.1 Å². The number of hydrogen-bond donors (Lipinski definition) is 1. The van der Waals surface area contributed by atoms with Crippen molar-refractivity contribution in [1.29, 1.82) is 0 Å². The van der Waals surface area contributed by atoms with E-state index in [1.54, 1.807) is 0 Å². The Kier molecular flexibility index (Phi) is 4.83. The second-order valence-electron chi connectivity index (χ2n) is 6.14. The summed E-state index contributed by atoms with van der Waals surface area (Å²) in [7, 11) is 0. The summed E-state index contributed by atoms with van der Waals surface area (Å²) in [5, 5.41) is 0. The lowest BCUT2D eigenvalue weighted by Gasteiger charge is -2.28. The first-order chi connectivity index (χ1) is 8.20. The van der Waals surface area contributed by atoms with Crippen molar-refractivity contribution in [2.75, 3.05) is 39.3 Å². The summed E-state index contributed by atoms with van der Waals surface area (Å²) in [5.74, 6) is 1.56. The van der Waals surface area contributed by atoms with Crippen molar-refractivity contribution in [3.63, 3.8) is 0 Å². The van der Waals surface area contributed by atoms with Crippen LogP contribution >= 0.6 is 0 Å². The maximum atomic E-state index is 6.01. The van der Waals surface area contributed by atoms with Crippen LogP contribution in [0.3, 0.4) is 0 Å². The standard InChI is InChI=1S/C14H29N3/c1-12(2)17-8-5-13(11-17)14(9-15)10-16-6-3-4-7-16/h12-14H,3-11,15H2,1-2H3. The zero-order valence-corrected chi connectivity index (χ0v) is 11.6. The molecule has 0 amide bonds. The molecule has 3 heteroatoms. The minimum Gasteiger partial charge on any atom is -0.330 e. The van der Waals surface area contributed by atoms with Crippen molar-refractivity contribution in [2.24, 2.45) is 17.6 Å². The molecule has 0 aromatic heterocycles. The Morgan fingerprint density at radius 1 is 1.18 bits per heavy atom. The Morgan fingerprint density at radius 2 is 1.88 bits per heavy atom. The third kappa shape index (κ3) is 3.43. The Hall–Kier alpha value is -0.120. The van der Waals surface area contributed by atoms with E-state index in [1.807, 2.05) is 0 Å². The molecule has 0 aromatic rings. The largest absolute Gasteiger partial charge is 0.330 e. The highest BCUT2D eigenvalue weighted by atomic mass is 15.2. The van der Waals surface area contributed by atoms with Crippen molar-refractivity contribution in [3.05, 3.63) is 0 Å². The molecule has 2 rings (SSSR count). The molecule has 100 valence electrons. The fraction of sp³-hybridized carbons (Fsp3) is 1.00. The van der Waals surface area contributed by atoms with E-state index >= 15 is 0 Å². The molecule has 2 saturated heterocycles. The first-order valence-electron chi connectivity index (χ1n) is 7.37. The van der Waals surface area contributed by atoms with Gasteiger partial charge in [0.05, 0.1) is 0 Å². The van der Waals surface area contributed by atoms with Crippen LogP contribution in [-0.2, 0) is 0 Å². The van der Waals surface area contributed by atoms with Gasteiger partial charge in [0.2, 0.25) is 0 Å². The van der Waals surface area contributed by atoms with Gasteiger partial charge in [-0.15, -0.1) is 0 Å². The average Bonchev–Trinajstić information content (AvgIpc) is 2.96. The van der Waals surface area contributed by atoms with E-state index in [0.29, 0.717) is 6.04 Å². The molecule has 2 heterocycles. The summed E-state index contributed by atoms with van der Waals surface area (Å²) < 4.78 is 0. The van der Waals surface area contributed by atoms with Crippen LogP contribution in [0.15, 0.2) is 0 Å². The average molecular weight is 239 g/mol. The molecule has 2 unspecified atom stereocenters. The van der Waals surface area contributed by atoms with Gasteiger partial charge in [0.25, 0.3) is 0 Å². The Morgan fingerprint density at radius 3 is 2.41 bits per heavy atom. The maximum Gasteiger partial charge on any atom is 0.00387 e. The zero-order valence-electron chi connectivity index (χ0n) is 11.6. The summed E-state index contributed by atoms with van der Waals surface area (Å²) in [6.45, 7) is 11.9. The lowest BCUT2D eigenvalue weighted by atomic mass is 9.91. The highest BCUT2D eigenvalue weighted by Gasteiger charge is 2.31. The second kappa shape index (κ2) is 6.17. The summed E-state index contributed by atoms with van der Waals surface area (Å²) in [5.41, 5.74) is 6.01. The molecule has 2 aliphatic heterocycles. The van der Waals surface area contributed by atoms with E-state index in [1.165, 1.54) is 52.0 Å². The van der Waals surface area contributed by atoms with Gasteiger partial charge in [0.1, 0.15) is 0 Å². The lowest BCUT2D eigenvalue weighted by Crippen LogP contribution is -2.37. The molecule has 2 N–H and O–H groups in total. The molecule has 0 spiro atoms. The van der Waals surface area contributed by atoms with Crippen LogP contribution in [0, 0.1) is 11.8 Å². The number of nitrogens with zero attached hydrogens (tertiary/aromatic N) is 2. The summed E-state index contributed by atoms with van der Waals surface area (Å²) in [6, 6.07) is 0.699. The maximum absolute atomic E-state index is 6.01. The Bertz CT molecular complexity index is 224. The molecule has 3 nitrogen and oxygen atoms in total. The fourth-order valence-electron chi connectivity index (χ4n) is 3.38. The van der Waals surface area contributed by atoms with Crippen molar-refractivity contribution in [2.45, 2.75) is 39.2 Å². The summed E-state index contributed by atoms with van der Waals surface area (Å²) >= 11 is 0. The molecule has 0 radical (unpaired) electrons. The highest BCUT2D eigenvalue weighted by molar-refractivity contribution is 4.85. The molecule has 2 atom stereocenters. The molecular formula is C14H29N3. The minimum absolute atomic E-state index is 0.699. The Balaban J connectivity index is 1.81. The van der Waals surface area contributed by atoms with Crippen molar-refractivity contribution in [1.82, 2.24) is 9.80 Å². The summed E-state index contributed by atoms with van der Waals surface area (Å²) in [4.78, 5) is 5.23. The van der Waals surface area contributed by atoms with Crippen LogP contribution in [0.4, 0.5) is 0 Å². The summed E-state index contributed by atoms with van der Waals surface area (Å²) in [6.07, 6.45) is 4.13. The van der Waals surface area contributed by atoms with Crippen molar-refractivity contribution in [3.8, 4) is 0 Å². The van der Waals surface area contributed by atoms with Gasteiger partial charge in [-0.1, -0.05) is 0 Å². The van der Waals surface area contributed by atoms with Crippen LogP contribution < -0.4 is 5.73 Å². The second-order valence-corrected chi connectivity index (χ2v) is 6.14. The monoisotopic (exact) mass is 239 g/mol. The van der Waals surface area contributed by atoms with Crippen LogP contribution in [0.25, 0.3) is 0 Å². The van der Waals surface area contributed by atoms with Gasteiger partial charge in [0, 0.05) is 19.1 Å². The first kappa shape index (κ1) is 13.3. The van der Waals surface area contributed by atoms with Gasteiger partial charge in [-0.05, 0) is 71.1 Å². The van der Waals surface area contributed by atoms with Gasteiger partial charge in [-0.3, -0.25) is 0 Å². The highest BCUT2D eigenvalue weighted by Crippen LogP contribution is 2.26. The molecular weight excluding hydrogens is 210 g/mol. The normalized spacial score (nSPS) is 29.3. The third-order valence-electron chi connectivity index (χ3n) is 4.65. The lowest BCUT2D eigenvalue weighted by molar-refractivity contribution is 0.206. The van der Waals surface area contributed by atoms with Gasteiger partial charge >= 0.3 is 0 Å². The SMILES string of the molecule is CC(C)N1CCC(C(CN)CN2CCCC2)C1. The fourth-order valence-corrected chi connectivity index (χ4v) is 3.38. The van der Waals surface area contributed by atoms with Crippen LogP contribution in [0.1, 0.15) is 33.1 Å². The first-order valence-corrected chi connectivity index (χ1v) is 7.37. The molecule has 0 bridgehead atoms. The van der Waals surface area contributed by atoms with Gasteiger partial charge in [-0.2, -0.15) is 0 Å². The topological polar surface area (TPSA) is 32.5 Å². The molecule has 2 fully saturated rings. The minimum atomic E-state index is 0.699. The van der Waals surface area contributed by atoms with Gasteiger partial charge < -0.3 is 15.5 Å².